The molecule has 0 fully saturated rings. The summed E-state index contributed by atoms with van der Waals surface area (Å²) in [6.45, 7) is 7.13. The second-order valence-corrected chi connectivity index (χ2v) is 4.37. The lowest BCUT2D eigenvalue weighted by atomic mass is 10.1. The molecular weight excluding hydrogens is 247 g/mol. The second kappa shape index (κ2) is 7.09. The van der Waals surface area contributed by atoms with Crippen LogP contribution in [0.5, 0.6) is 5.75 Å². The summed E-state index contributed by atoms with van der Waals surface area (Å²) in [6, 6.07) is 3.73. The van der Waals surface area contributed by atoms with E-state index in [-0.39, 0.29) is 24.2 Å². The fourth-order valence-electron chi connectivity index (χ4n) is 1.91. The van der Waals surface area contributed by atoms with Crippen molar-refractivity contribution in [3.05, 3.63) is 29.6 Å². The zero-order chi connectivity index (χ0) is 14.4. The van der Waals surface area contributed by atoms with E-state index >= 15 is 0 Å². The lowest BCUT2D eigenvalue weighted by Gasteiger charge is -2.21. The number of rotatable bonds is 6. The van der Waals surface area contributed by atoms with Crippen molar-refractivity contribution in [3.8, 4) is 5.75 Å². The van der Waals surface area contributed by atoms with Crippen molar-refractivity contribution in [2.75, 3.05) is 19.6 Å². The fourth-order valence-corrected chi connectivity index (χ4v) is 1.91. The number of hydrogen-bond acceptors (Lipinski definition) is 3. The van der Waals surface area contributed by atoms with Gasteiger partial charge in [0.15, 0.2) is 0 Å². The fraction of sp³-hybridized carbons (Fsp3) is 0.500. The molecule has 0 bridgehead atoms. The van der Waals surface area contributed by atoms with Crippen molar-refractivity contribution in [1.82, 2.24) is 10.2 Å². The van der Waals surface area contributed by atoms with Gasteiger partial charge in [-0.05, 0) is 26.8 Å². The Labute approximate surface area is 113 Å². The first-order valence-electron chi connectivity index (χ1n) is 6.49. The zero-order valence-electron chi connectivity index (χ0n) is 11.6. The van der Waals surface area contributed by atoms with Crippen LogP contribution in [0.2, 0.25) is 0 Å². The zero-order valence-corrected chi connectivity index (χ0v) is 11.6. The van der Waals surface area contributed by atoms with Gasteiger partial charge in [-0.15, -0.1) is 0 Å². The Morgan fingerprint density at radius 2 is 2.05 bits per heavy atom. The summed E-state index contributed by atoms with van der Waals surface area (Å²) in [4.78, 5) is 13.5. The molecule has 0 saturated carbocycles. The maximum atomic E-state index is 13.6. The average Bonchev–Trinajstić information content (AvgIpc) is 2.37. The molecule has 0 spiro atoms. The van der Waals surface area contributed by atoms with Gasteiger partial charge in [0.2, 0.25) is 5.91 Å². The third-order valence-electron chi connectivity index (χ3n) is 3.13. The smallest absolute Gasteiger partial charge is 0.236 e. The van der Waals surface area contributed by atoms with E-state index in [1.165, 1.54) is 12.1 Å². The van der Waals surface area contributed by atoms with Gasteiger partial charge in [-0.25, -0.2) is 4.39 Å². The molecule has 0 aromatic heterocycles. The molecule has 1 atom stereocenters. The summed E-state index contributed by atoms with van der Waals surface area (Å²) in [5.41, 5.74) is 0.435. The van der Waals surface area contributed by atoms with Crippen molar-refractivity contribution in [2.45, 2.75) is 26.8 Å². The number of nitrogens with one attached hydrogen (secondary N) is 1. The van der Waals surface area contributed by atoms with Gasteiger partial charge in [-0.1, -0.05) is 6.07 Å². The highest BCUT2D eigenvalue weighted by Gasteiger charge is 2.14. The Balaban J connectivity index is 2.60. The number of carbonyl (C=O) groups excluding carboxylic acids is 1. The predicted octanol–water partition coefficient (Wildman–Crippen LogP) is 2.05. The minimum Gasteiger partial charge on any atom is -0.508 e. The van der Waals surface area contributed by atoms with E-state index in [1.54, 1.807) is 11.8 Å². The van der Waals surface area contributed by atoms with Gasteiger partial charge < -0.3 is 15.3 Å². The van der Waals surface area contributed by atoms with Gasteiger partial charge in [-0.2, -0.15) is 0 Å². The number of carbonyl (C=O) groups is 1. The Morgan fingerprint density at radius 3 is 2.58 bits per heavy atom. The maximum Gasteiger partial charge on any atom is 0.236 e. The number of amides is 1. The Bertz CT molecular complexity index is 433. The first-order chi connectivity index (χ1) is 8.99. The molecule has 4 nitrogen and oxygen atoms in total. The third-order valence-corrected chi connectivity index (χ3v) is 3.13. The molecule has 1 rings (SSSR count). The van der Waals surface area contributed by atoms with E-state index in [4.69, 9.17) is 5.11 Å². The van der Waals surface area contributed by atoms with Gasteiger partial charge in [0.25, 0.3) is 0 Å². The van der Waals surface area contributed by atoms with Crippen molar-refractivity contribution in [3.63, 3.8) is 0 Å². The molecule has 0 aliphatic rings. The first kappa shape index (κ1) is 15.4. The number of aromatic hydroxyl groups is 1. The molecule has 2 N–H and O–H groups in total. The number of benzene rings is 1. The summed E-state index contributed by atoms with van der Waals surface area (Å²) >= 11 is 0. The van der Waals surface area contributed by atoms with Crippen molar-refractivity contribution in [2.24, 2.45) is 0 Å². The highest BCUT2D eigenvalue weighted by molar-refractivity contribution is 5.78. The molecular formula is C14H21FN2O2. The minimum absolute atomic E-state index is 0.00367. The molecule has 1 aromatic rings. The third kappa shape index (κ3) is 4.21. The highest BCUT2D eigenvalue weighted by atomic mass is 19.1. The summed E-state index contributed by atoms with van der Waals surface area (Å²) in [5, 5.41) is 12.1. The molecule has 106 valence electrons. The number of likely N-dealkylation sites (N-methyl/N-ethyl adjacent to an activating group) is 1. The Kier molecular flexibility index (Phi) is 5.76. The topological polar surface area (TPSA) is 52.6 Å². The molecule has 5 heteroatoms. The molecule has 1 aromatic carbocycles. The van der Waals surface area contributed by atoms with E-state index < -0.39 is 5.82 Å². The molecule has 1 amide bonds. The van der Waals surface area contributed by atoms with Crippen molar-refractivity contribution >= 4 is 5.91 Å². The normalized spacial score (nSPS) is 12.2. The largest absolute Gasteiger partial charge is 0.508 e. The Hall–Kier alpha value is -1.62. The quantitative estimate of drug-likeness (QED) is 0.830. The minimum atomic E-state index is -0.477. The maximum absolute atomic E-state index is 13.6. The van der Waals surface area contributed by atoms with Gasteiger partial charge in [-0.3, -0.25) is 4.79 Å². The monoisotopic (exact) mass is 268 g/mol. The van der Waals surface area contributed by atoms with Crippen LogP contribution in [0.25, 0.3) is 0 Å². The van der Waals surface area contributed by atoms with E-state index in [9.17, 15) is 9.18 Å². The molecule has 19 heavy (non-hydrogen) atoms. The van der Waals surface area contributed by atoms with Crippen LogP contribution in [0.15, 0.2) is 18.2 Å². The molecule has 0 aliphatic heterocycles. The highest BCUT2D eigenvalue weighted by Crippen LogP contribution is 2.20. The van der Waals surface area contributed by atoms with Crippen LogP contribution in [-0.2, 0) is 4.79 Å². The molecule has 0 radical (unpaired) electrons. The van der Waals surface area contributed by atoms with Gasteiger partial charge in [0.1, 0.15) is 11.6 Å². The van der Waals surface area contributed by atoms with Gasteiger partial charge in [0, 0.05) is 30.8 Å². The van der Waals surface area contributed by atoms with Crippen LogP contribution < -0.4 is 5.32 Å². The van der Waals surface area contributed by atoms with Crippen molar-refractivity contribution in [1.29, 1.82) is 0 Å². The number of phenols is 1. The SMILES string of the molecule is CCN(CC)C(=O)CNC(C)c1ccc(O)cc1F. The van der Waals surface area contributed by atoms with Crippen LogP contribution >= 0.6 is 0 Å². The summed E-state index contributed by atoms with van der Waals surface area (Å²) in [5.74, 6) is -0.584. The van der Waals surface area contributed by atoms with E-state index in [1.807, 2.05) is 13.8 Å². The molecule has 0 saturated heterocycles. The van der Waals surface area contributed by atoms with Crippen LogP contribution in [0, 0.1) is 5.82 Å². The van der Waals surface area contributed by atoms with E-state index in [0.717, 1.165) is 6.07 Å². The second-order valence-electron chi connectivity index (χ2n) is 4.37. The van der Waals surface area contributed by atoms with Crippen molar-refractivity contribution < 1.29 is 14.3 Å². The standard InChI is InChI=1S/C14H21FN2O2/c1-4-17(5-2)14(19)9-16-10(3)12-7-6-11(18)8-13(12)15/h6-8,10,16,18H,4-5,9H2,1-3H3. The van der Waals surface area contributed by atoms with Crippen LogP contribution in [-0.4, -0.2) is 35.5 Å². The summed E-state index contributed by atoms with van der Waals surface area (Å²) in [7, 11) is 0. The van der Waals surface area contributed by atoms with Gasteiger partial charge >= 0.3 is 0 Å². The van der Waals surface area contributed by atoms with Crippen LogP contribution in [0.4, 0.5) is 4.39 Å². The summed E-state index contributed by atoms with van der Waals surface area (Å²) < 4.78 is 13.6. The average molecular weight is 268 g/mol. The number of hydrogen-bond donors (Lipinski definition) is 2. The predicted molar refractivity (Wildman–Crippen MR) is 72.4 cm³/mol. The number of nitrogens with zero attached hydrogens (tertiary/aromatic N) is 1. The lowest BCUT2D eigenvalue weighted by molar-refractivity contribution is -0.129. The summed E-state index contributed by atoms with van der Waals surface area (Å²) in [6.07, 6.45) is 0. The molecule has 1 unspecified atom stereocenters. The van der Waals surface area contributed by atoms with E-state index in [0.29, 0.717) is 18.7 Å². The Morgan fingerprint density at radius 1 is 1.42 bits per heavy atom. The van der Waals surface area contributed by atoms with E-state index in [2.05, 4.69) is 5.32 Å². The molecule has 0 aliphatic carbocycles. The number of halogens is 1. The lowest BCUT2D eigenvalue weighted by Crippen LogP contribution is -2.38. The first-order valence-corrected chi connectivity index (χ1v) is 6.49. The van der Waals surface area contributed by atoms with Crippen LogP contribution in [0.1, 0.15) is 32.4 Å². The van der Waals surface area contributed by atoms with Gasteiger partial charge in [0.05, 0.1) is 6.54 Å². The molecule has 0 heterocycles. The van der Waals surface area contributed by atoms with Crippen LogP contribution in [0.3, 0.4) is 0 Å². The number of phenolic OH excluding ortho intramolecular Hbond substituents is 1.